The summed E-state index contributed by atoms with van der Waals surface area (Å²) in [5.74, 6) is -0.834. The van der Waals surface area contributed by atoms with E-state index in [1.165, 1.54) is 17.5 Å². The molecule has 190 valence electrons. The molecule has 4 N–H and O–H groups in total. The molecule has 0 unspecified atom stereocenters. The summed E-state index contributed by atoms with van der Waals surface area (Å²) in [4.78, 5) is 16.4. The lowest BCUT2D eigenvalue weighted by molar-refractivity contribution is -0.490. The van der Waals surface area contributed by atoms with Gasteiger partial charge >= 0.3 is 0 Å². The van der Waals surface area contributed by atoms with Crippen molar-refractivity contribution in [1.29, 1.82) is 0 Å². The van der Waals surface area contributed by atoms with Crippen LogP contribution in [0.5, 0.6) is 0 Å². The molecule has 0 bridgehead atoms. The second kappa shape index (κ2) is 12.7. The van der Waals surface area contributed by atoms with Gasteiger partial charge in [0.15, 0.2) is 0 Å². The Kier molecular flexibility index (Phi) is 10.9. The van der Waals surface area contributed by atoms with Gasteiger partial charge in [0.2, 0.25) is 5.91 Å². The quantitative estimate of drug-likeness (QED) is 0.181. The Morgan fingerprint density at radius 2 is 2.12 bits per heavy atom. The molecule has 1 atom stereocenters. The maximum atomic E-state index is 13.1. The van der Waals surface area contributed by atoms with Crippen LogP contribution in [0.4, 0.5) is 0 Å². The van der Waals surface area contributed by atoms with Gasteiger partial charge in [-0.05, 0) is 19.0 Å². The van der Waals surface area contributed by atoms with Crippen LogP contribution in [0.15, 0.2) is 14.5 Å². The van der Waals surface area contributed by atoms with Crippen LogP contribution >= 0.6 is 23.1 Å². The standard InChI is InChI=1S/C16H28N4O9S4/c1-3-17-13-10-19(5-4-6-28-2)33(26,27)16-12(13)9-15(31-16)32(24,25)18-14(21)11-30-8-7-29-20(22)23/h9,13,17,22-23H,3-8,10-11H2,1-2H3,(H,18,21)/t13-/m0/s1. The highest BCUT2D eigenvalue weighted by Crippen LogP contribution is 2.40. The third-order valence-corrected chi connectivity index (χ3v) is 10.7. The fourth-order valence-corrected chi connectivity index (χ4v) is 8.60. The number of methoxy groups -OCH3 is 1. The van der Waals surface area contributed by atoms with E-state index in [0.717, 1.165) is 11.8 Å². The zero-order valence-electron chi connectivity index (χ0n) is 18.1. The summed E-state index contributed by atoms with van der Waals surface area (Å²) in [5, 5.41) is 19.5. The molecule has 0 radical (unpaired) electrons. The highest BCUT2D eigenvalue weighted by Gasteiger charge is 2.40. The van der Waals surface area contributed by atoms with Crippen LogP contribution < -0.4 is 10.0 Å². The van der Waals surface area contributed by atoms with Crippen LogP contribution in [0.1, 0.15) is 24.9 Å². The minimum Gasteiger partial charge on any atom is -0.385 e. The third-order valence-electron chi connectivity index (χ3n) is 4.43. The van der Waals surface area contributed by atoms with Crippen molar-refractivity contribution < 1.29 is 41.6 Å². The van der Waals surface area contributed by atoms with Crippen LogP contribution in [0.3, 0.4) is 0 Å². The fourth-order valence-electron chi connectivity index (χ4n) is 3.05. The van der Waals surface area contributed by atoms with Crippen LogP contribution in [-0.4, -0.2) is 94.3 Å². The Balaban J connectivity index is 2.16. The average Bonchev–Trinajstić information content (AvgIpc) is 3.19. The Morgan fingerprint density at radius 1 is 1.39 bits per heavy atom. The van der Waals surface area contributed by atoms with Gasteiger partial charge in [0.1, 0.15) is 8.42 Å². The van der Waals surface area contributed by atoms with E-state index in [-0.39, 0.29) is 45.7 Å². The molecule has 0 aliphatic carbocycles. The molecule has 0 spiro atoms. The van der Waals surface area contributed by atoms with E-state index in [0.29, 0.717) is 36.5 Å². The van der Waals surface area contributed by atoms with Gasteiger partial charge in [-0.3, -0.25) is 15.2 Å². The van der Waals surface area contributed by atoms with E-state index < -0.39 is 31.3 Å². The molecule has 2 rings (SSSR count). The van der Waals surface area contributed by atoms with Crippen LogP contribution in [0.2, 0.25) is 0 Å². The highest BCUT2D eigenvalue weighted by atomic mass is 32.3. The summed E-state index contributed by atoms with van der Waals surface area (Å²) in [5.41, 5.74) is 0.363. The molecule has 1 aromatic rings. The van der Waals surface area contributed by atoms with Crippen LogP contribution in [-0.2, 0) is 34.4 Å². The van der Waals surface area contributed by atoms with Gasteiger partial charge in [-0.25, -0.2) is 26.4 Å². The monoisotopic (exact) mass is 548 g/mol. The van der Waals surface area contributed by atoms with Crippen molar-refractivity contribution in [2.45, 2.75) is 27.8 Å². The number of carbonyl (C=O) groups is 1. The molecule has 2 heterocycles. The molecule has 17 heteroatoms. The van der Waals surface area contributed by atoms with E-state index in [2.05, 4.69) is 10.2 Å². The molecular weight excluding hydrogens is 520 g/mol. The first kappa shape index (κ1) is 28.4. The maximum absolute atomic E-state index is 13.1. The molecule has 0 saturated carbocycles. The second-order valence-electron chi connectivity index (χ2n) is 6.80. The number of thioether (sulfide) groups is 1. The number of nitrogens with zero attached hydrogens (tertiary/aromatic N) is 2. The topological polar surface area (TPSA) is 175 Å². The smallest absolute Gasteiger partial charge is 0.273 e. The number of hydrogen-bond donors (Lipinski definition) is 4. The lowest BCUT2D eigenvalue weighted by atomic mass is 10.1. The number of nitrogens with one attached hydrogen (secondary N) is 2. The van der Waals surface area contributed by atoms with E-state index in [1.807, 2.05) is 11.6 Å². The normalized spacial score (nSPS) is 18.4. The fraction of sp³-hybridized carbons (Fsp3) is 0.688. The van der Waals surface area contributed by atoms with Gasteiger partial charge in [0, 0.05) is 44.2 Å². The molecule has 0 saturated heterocycles. The van der Waals surface area contributed by atoms with Crippen molar-refractivity contribution in [1.82, 2.24) is 19.7 Å². The summed E-state index contributed by atoms with van der Waals surface area (Å²) < 4.78 is 59.6. The highest BCUT2D eigenvalue weighted by molar-refractivity contribution is 8.00. The first-order valence-electron chi connectivity index (χ1n) is 9.83. The number of sulfonamides is 2. The van der Waals surface area contributed by atoms with Gasteiger partial charge < -0.3 is 10.1 Å². The number of amides is 1. The zero-order chi connectivity index (χ0) is 24.6. The third kappa shape index (κ3) is 7.82. The SMILES string of the molecule is CCN[C@H]1CN(CCCOC)S(=O)(=O)c2sc(S(=O)(=O)NC(=O)CSCCON(O)O)cc21. The van der Waals surface area contributed by atoms with Crippen molar-refractivity contribution in [3.05, 3.63) is 11.6 Å². The van der Waals surface area contributed by atoms with E-state index >= 15 is 0 Å². The molecule has 1 aliphatic heterocycles. The summed E-state index contributed by atoms with van der Waals surface area (Å²) >= 11 is 1.62. The van der Waals surface area contributed by atoms with Gasteiger partial charge in [-0.1, -0.05) is 6.92 Å². The number of fused-ring (bicyclic) bond motifs is 1. The van der Waals surface area contributed by atoms with Crippen molar-refractivity contribution >= 4 is 49.1 Å². The summed E-state index contributed by atoms with van der Waals surface area (Å²) in [6.45, 7) is 3.09. The number of ether oxygens (including phenoxy) is 1. The molecule has 1 aromatic heterocycles. The molecule has 33 heavy (non-hydrogen) atoms. The largest absolute Gasteiger partial charge is 0.385 e. The molecular formula is C16H28N4O9S4. The molecule has 1 amide bonds. The Hall–Kier alpha value is -0.860. The van der Waals surface area contributed by atoms with E-state index in [4.69, 9.17) is 15.2 Å². The van der Waals surface area contributed by atoms with Crippen molar-refractivity contribution in [3.63, 3.8) is 0 Å². The Bertz CT molecular complexity index is 998. The minimum absolute atomic E-state index is 0.0611. The lowest BCUT2D eigenvalue weighted by Crippen LogP contribution is -2.43. The summed E-state index contributed by atoms with van der Waals surface area (Å²) in [6, 6.07) is 0.908. The first-order chi connectivity index (χ1) is 15.5. The van der Waals surface area contributed by atoms with Gasteiger partial charge in [0.05, 0.1) is 17.7 Å². The number of rotatable bonds is 14. The predicted molar refractivity (Wildman–Crippen MR) is 120 cm³/mol. The van der Waals surface area contributed by atoms with Gasteiger partial charge in [-0.15, -0.1) is 23.1 Å². The molecule has 1 aliphatic rings. The van der Waals surface area contributed by atoms with Crippen molar-refractivity contribution in [3.8, 4) is 0 Å². The van der Waals surface area contributed by atoms with Crippen molar-refractivity contribution in [2.24, 2.45) is 0 Å². The lowest BCUT2D eigenvalue weighted by Gasteiger charge is -2.32. The Morgan fingerprint density at radius 3 is 2.76 bits per heavy atom. The zero-order valence-corrected chi connectivity index (χ0v) is 21.4. The predicted octanol–water partition coefficient (Wildman–Crippen LogP) is -0.0104. The molecule has 0 fully saturated rings. The molecule has 0 aromatic carbocycles. The van der Waals surface area contributed by atoms with Crippen molar-refractivity contribution in [2.75, 3.05) is 51.5 Å². The van der Waals surface area contributed by atoms with Crippen LogP contribution in [0.25, 0.3) is 0 Å². The van der Waals surface area contributed by atoms with Gasteiger partial charge in [0.25, 0.3) is 20.0 Å². The first-order valence-corrected chi connectivity index (χ1v) is 14.7. The number of thiophene rings is 1. The molecule has 13 nitrogen and oxygen atoms in total. The number of likely N-dealkylation sites (N-methyl/N-ethyl adjacent to an activating group) is 1. The summed E-state index contributed by atoms with van der Waals surface area (Å²) in [6.07, 6.45) is 0.494. The number of carbonyl (C=O) groups excluding carboxylic acids is 1. The number of hydrogen-bond acceptors (Lipinski definition) is 13. The van der Waals surface area contributed by atoms with E-state index in [1.54, 1.807) is 0 Å². The van der Waals surface area contributed by atoms with Crippen LogP contribution in [0, 0.1) is 0 Å². The Labute approximate surface area is 201 Å². The van der Waals surface area contributed by atoms with Gasteiger partial charge in [-0.2, -0.15) is 4.31 Å². The van der Waals surface area contributed by atoms with E-state index in [9.17, 15) is 21.6 Å². The summed E-state index contributed by atoms with van der Waals surface area (Å²) in [7, 11) is -6.65. The maximum Gasteiger partial charge on any atom is 0.273 e. The average molecular weight is 549 g/mol. The minimum atomic E-state index is -4.28. The second-order valence-corrected chi connectivity index (χ2v) is 13.0.